The molecule has 15 heavy (non-hydrogen) atoms. The van der Waals surface area contributed by atoms with Crippen molar-refractivity contribution in [1.82, 2.24) is 10.6 Å². The summed E-state index contributed by atoms with van der Waals surface area (Å²) in [6, 6.07) is -1.35. The quantitative estimate of drug-likeness (QED) is 0.616. The van der Waals surface area contributed by atoms with Crippen LogP contribution in [0, 0.1) is 0 Å². The number of carbonyl (C=O) groups excluding carboxylic acids is 1. The molecule has 3 N–H and O–H groups in total. The molecule has 0 aromatic carbocycles. The lowest BCUT2D eigenvalue weighted by Crippen LogP contribution is -2.49. The Morgan fingerprint density at radius 1 is 1.53 bits per heavy atom. The Labute approximate surface area is 88.0 Å². The van der Waals surface area contributed by atoms with Gasteiger partial charge < -0.3 is 20.5 Å². The van der Waals surface area contributed by atoms with Crippen molar-refractivity contribution in [2.45, 2.75) is 31.8 Å². The van der Waals surface area contributed by atoms with Gasteiger partial charge in [-0.25, -0.2) is 4.79 Å². The fourth-order valence-electron chi connectivity index (χ4n) is 1.34. The summed E-state index contributed by atoms with van der Waals surface area (Å²) >= 11 is 0. The number of urea groups is 1. The zero-order chi connectivity index (χ0) is 11.3. The molecule has 6 heteroatoms. The van der Waals surface area contributed by atoms with Crippen LogP contribution in [0.2, 0.25) is 0 Å². The summed E-state index contributed by atoms with van der Waals surface area (Å²) in [6.07, 6.45) is 1.79. The highest BCUT2D eigenvalue weighted by atomic mass is 16.5. The molecule has 0 aromatic heterocycles. The molecule has 6 nitrogen and oxygen atoms in total. The molecule has 1 aliphatic heterocycles. The largest absolute Gasteiger partial charge is 0.480 e. The Balaban J connectivity index is 2.25. The molecular weight excluding hydrogens is 200 g/mol. The third kappa shape index (κ3) is 4.16. The van der Waals surface area contributed by atoms with Crippen LogP contribution in [-0.4, -0.2) is 42.4 Å². The van der Waals surface area contributed by atoms with Crippen molar-refractivity contribution in [3.8, 4) is 0 Å². The number of carboxylic acids is 1. The molecule has 0 saturated carbocycles. The van der Waals surface area contributed by atoms with Crippen molar-refractivity contribution in [2.75, 3.05) is 13.2 Å². The number of rotatable bonds is 3. The van der Waals surface area contributed by atoms with E-state index in [4.69, 9.17) is 9.84 Å². The summed E-state index contributed by atoms with van der Waals surface area (Å²) in [5.41, 5.74) is 0. The molecule has 86 valence electrons. The summed E-state index contributed by atoms with van der Waals surface area (Å²) in [5, 5.41) is 13.6. The maximum atomic E-state index is 11.3. The molecule has 1 rings (SSSR count). The number of aliphatic carboxylic acids is 1. The van der Waals surface area contributed by atoms with E-state index in [-0.39, 0.29) is 6.04 Å². The number of carbonyl (C=O) groups is 2. The average molecular weight is 216 g/mol. The molecule has 1 unspecified atom stereocenters. The third-order valence-corrected chi connectivity index (χ3v) is 2.21. The van der Waals surface area contributed by atoms with Crippen LogP contribution in [0.15, 0.2) is 0 Å². The number of nitrogens with one attached hydrogen (secondary N) is 2. The second-order valence-corrected chi connectivity index (χ2v) is 3.59. The SMILES string of the molecule is C[C@H](NC(=O)NC1CCCOC1)C(=O)O. The first-order valence-electron chi connectivity index (χ1n) is 4.97. The van der Waals surface area contributed by atoms with Crippen LogP contribution in [0.25, 0.3) is 0 Å². The maximum absolute atomic E-state index is 11.3. The monoisotopic (exact) mass is 216 g/mol. The van der Waals surface area contributed by atoms with Gasteiger partial charge in [0.1, 0.15) is 6.04 Å². The van der Waals surface area contributed by atoms with E-state index in [2.05, 4.69) is 10.6 Å². The van der Waals surface area contributed by atoms with Gasteiger partial charge >= 0.3 is 12.0 Å². The second kappa shape index (κ2) is 5.55. The molecule has 0 spiro atoms. The third-order valence-electron chi connectivity index (χ3n) is 2.21. The van der Waals surface area contributed by atoms with E-state index in [0.29, 0.717) is 6.61 Å². The van der Waals surface area contributed by atoms with Gasteiger partial charge in [0, 0.05) is 6.61 Å². The van der Waals surface area contributed by atoms with E-state index >= 15 is 0 Å². The summed E-state index contributed by atoms with van der Waals surface area (Å²) in [4.78, 5) is 21.7. The molecule has 2 atom stereocenters. The van der Waals surface area contributed by atoms with E-state index in [9.17, 15) is 9.59 Å². The summed E-state index contributed by atoms with van der Waals surface area (Å²) in [7, 11) is 0. The van der Waals surface area contributed by atoms with Gasteiger partial charge in [0.05, 0.1) is 12.6 Å². The Morgan fingerprint density at radius 2 is 2.27 bits per heavy atom. The minimum absolute atomic E-state index is 0.0141. The topological polar surface area (TPSA) is 87.7 Å². The number of hydrogen-bond donors (Lipinski definition) is 3. The van der Waals surface area contributed by atoms with Gasteiger partial charge in [0.2, 0.25) is 0 Å². The van der Waals surface area contributed by atoms with E-state index in [0.717, 1.165) is 19.4 Å². The molecule has 0 bridgehead atoms. The lowest BCUT2D eigenvalue weighted by atomic mass is 10.1. The van der Waals surface area contributed by atoms with Crippen molar-refractivity contribution in [3.05, 3.63) is 0 Å². The van der Waals surface area contributed by atoms with Crippen LogP contribution >= 0.6 is 0 Å². The van der Waals surface area contributed by atoms with Gasteiger partial charge in [0.25, 0.3) is 0 Å². The highest BCUT2D eigenvalue weighted by molar-refractivity contribution is 5.82. The first-order valence-corrected chi connectivity index (χ1v) is 4.97. The van der Waals surface area contributed by atoms with Crippen LogP contribution in [0.5, 0.6) is 0 Å². The number of ether oxygens (including phenoxy) is 1. The van der Waals surface area contributed by atoms with Gasteiger partial charge in [0.15, 0.2) is 0 Å². The van der Waals surface area contributed by atoms with Gasteiger partial charge in [-0.3, -0.25) is 4.79 Å². The van der Waals surface area contributed by atoms with E-state index in [1.165, 1.54) is 6.92 Å². The van der Waals surface area contributed by atoms with Crippen molar-refractivity contribution >= 4 is 12.0 Å². The van der Waals surface area contributed by atoms with Crippen molar-refractivity contribution in [2.24, 2.45) is 0 Å². The number of carboxylic acid groups (broad SMARTS) is 1. The van der Waals surface area contributed by atoms with Crippen LogP contribution < -0.4 is 10.6 Å². The first-order chi connectivity index (χ1) is 7.09. The average Bonchev–Trinajstić information content (AvgIpc) is 2.18. The summed E-state index contributed by atoms with van der Waals surface area (Å²) < 4.78 is 5.18. The first kappa shape index (κ1) is 11.8. The van der Waals surface area contributed by atoms with Gasteiger partial charge in [-0.2, -0.15) is 0 Å². The maximum Gasteiger partial charge on any atom is 0.325 e. The summed E-state index contributed by atoms with van der Waals surface area (Å²) in [6.45, 7) is 2.64. The summed E-state index contributed by atoms with van der Waals surface area (Å²) in [5.74, 6) is -1.05. The molecular formula is C9H16N2O4. The van der Waals surface area contributed by atoms with E-state index < -0.39 is 18.0 Å². The molecule has 1 fully saturated rings. The van der Waals surface area contributed by atoms with Crippen molar-refractivity contribution in [1.29, 1.82) is 0 Å². The Bertz CT molecular complexity index is 238. The molecule has 0 aliphatic carbocycles. The molecule has 1 heterocycles. The van der Waals surface area contributed by atoms with Crippen LogP contribution in [0.4, 0.5) is 4.79 Å². The standard InChI is InChI=1S/C9H16N2O4/c1-6(8(12)13)10-9(14)11-7-3-2-4-15-5-7/h6-7H,2-5H2,1H3,(H,12,13)(H2,10,11,14)/t6-,7?/m0/s1. The van der Waals surface area contributed by atoms with E-state index in [1.54, 1.807) is 0 Å². The lowest BCUT2D eigenvalue weighted by Gasteiger charge is -2.23. The van der Waals surface area contributed by atoms with Crippen LogP contribution in [-0.2, 0) is 9.53 Å². The van der Waals surface area contributed by atoms with Gasteiger partial charge in [-0.1, -0.05) is 0 Å². The number of amides is 2. The molecule has 0 radical (unpaired) electrons. The Morgan fingerprint density at radius 3 is 2.80 bits per heavy atom. The minimum Gasteiger partial charge on any atom is -0.480 e. The van der Waals surface area contributed by atoms with Gasteiger partial charge in [-0.05, 0) is 19.8 Å². The highest BCUT2D eigenvalue weighted by Gasteiger charge is 2.18. The highest BCUT2D eigenvalue weighted by Crippen LogP contribution is 2.05. The molecule has 0 aromatic rings. The van der Waals surface area contributed by atoms with Crippen molar-refractivity contribution in [3.63, 3.8) is 0 Å². The molecule has 2 amide bonds. The molecule has 1 saturated heterocycles. The normalized spacial score (nSPS) is 22.9. The zero-order valence-corrected chi connectivity index (χ0v) is 8.66. The van der Waals surface area contributed by atoms with Crippen LogP contribution in [0.1, 0.15) is 19.8 Å². The lowest BCUT2D eigenvalue weighted by molar-refractivity contribution is -0.138. The second-order valence-electron chi connectivity index (χ2n) is 3.59. The predicted octanol–water partition coefficient (Wildman–Crippen LogP) is -0.0623. The fraction of sp³-hybridized carbons (Fsp3) is 0.778. The molecule has 1 aliphatic rings. The van der Waals surface area contributed by atoms with Crippen molar-refractivity contribution < 1.29 is 19.4 Å². The van der Waals surface area contributed by atoms with E-state index in [1.807, 2.05) is 0 Å². The Kier molecular flexibility index (Phi) is 4.36. The van der Waals surface area contributed by atoms with Gasteiger partial charge in [-0.15, -0.1) is 0 Å². The van der Waals surface area contributed by atoms with Crippen LogP contribution in [0.3, 0.4) is 0 Å². The zero-order valence-electron chi connectivity index (χ0n) is 8.66. The fourth-order valence-corrected chi connectivity index (χ4v) is 1.34. The minimum atomic E-state index is -1.05. The smallest absolute Gasteiger partial charge is 0.325 e. The predicted molar refractivity (Wildman–Crippen MR) is 52.6 cm³/mol. The Hall–Kier alpha value is -1.30. The number of hydrogen-bond acceptors (Lipinski definition) is 3.